The number of halogens is 2. The van der Waals surface area contributed by atoms with Gasteiger partial charge in [0.1, 0.15) is 16.6 Å². The van der Waals surface area contributed by atoms with Crippen molar-refractivity contribution in [3.05, 3.63) is 22.7 Å². The molecule has 0 spiro atoms. The Labute approximate surface area is 208 Å². The normalized spacial score (nSPS) is 7.00. The van der Waals surface area contributed by atoms with Crippen LogP contribution in [0.25, 0.3) is 0 Å². The monoisotopic (exact) mass is 474 g/mol. The van der Waals surface area contributed by atoms with E-state index in [0.29, 0.717) is 10.3 Å². The molecular weight excluding hydrogens is 473 g/mol. The van der Waals surface area contributed by atoms with Gasteiger partial charge < -0.3 is 15.0 Å². The number of aromatic nitrogens is 2. The van der Waals surface area contributed by atoms with E-state index in [-0.39, 0.29) is 138 Å². The molecule has 0 aliphatic carbocycles. The van der Waals surface area contributed by atoms with Crippen LogP contribution in [0.3, 0.4) is 0 Å². The molecule has 0 aromatic carbocycles. The van der Waals surface area contributed by atoms with Crippen LogP contribution in [-0.4, -0.2) is 16.1 Å². The van der Waals surface area contributed by atoms with Gasteiger partial charge in [-0.2, -0.15) is 0 Å². The van der Waals surface area contributed by atoms with Crippen LogP contribution in [0.5, 0.6) is 0 Å². The van der Waals surface area contributed by atoms with E-state index in [0.717, 1.165) is 0 Å². The summed E-state index contributed by atoms with van der Waals surface area (Å²) in [5.74, 6) is 0. The Kier molecular flexibility index (Phi) is 22.4. The molecule has 0 atom stereocenters. The second-order valence-electron chi connectivity index (χ2n) is 1.41. The molecule has 0 fully saturated rings. The van der Waals surface area contributed by atoms with Gasteiger partial charge in [-0.05, 0) is 6.16 Å². The van der Waals surface area contributed by atoms with Gasteiger partial charge >= 0.3 is 138 Å². The molecule has 1 aromatic rings. The van der Waals surface area contributed by atoms with Crippen molar-refractivity contribution in [2.75, 3.05) is 0 Å². The molecule has 0 radical (unpaired) electrons. The summed E-state index contributed by atoms with van der Waals surface area (Å²) in [4.78, 5) is 15.6. The summed E-state index contributed by atoms with van der Waals surface area (Å²) in [5, 5.41) is 17.4. The first-order chi connectivity index (χ1) is 5.52. The van der Waals surface area contributed by atoms with E-state index in [2.05, 4.69) is 9.97 Å². The maximum atomic E-state index is 8.33. The molecule has 0 saturated heterocycles. The molecule has 1 rings (SSSR count). The minimum atomic E-state index is -2.33. The molecule has 0 unspecified atom stereocenters. The number of hydrogen-bond donors (Lipinski definition) is 0. The maximum absolute atomic E-state index is 8.33. The first-order valence-corrected chi connectivity index (χ1v) is 3.29. The summed E-state index contributed by atoms with van der Waals surface area (Å²) >= 11 is 10.8. The zero-order valence-electron chi connectivity index (χ0n) is 7.53. The van der Waals surface area contributed by atoms with Gasteiger partial charge in [0, 0.05) is 6.07 Å². The summed E-state index contributed by atoms with van der Waals surface area (Å²) in [6, 6.07) is 1.48. The fourth-order valence-corrected chi connectivity index (χ4v) is 0.662. The fraction of sp³-hybridized carbons (Fsp3) is 0. The average molecular weight is 475 g/mol. The van der Waals surface area contributed by atoms with Crippen LogP contribution < -0.4 is 148 Å². The van der Waals surface area contributed by atoms with Crippen LogP contribution >= 0.6 is 23.2 Å². The Morgan fingerprint density at radius 1 is 1.14 bits per heavy atom. The largest absolute Gasteiger partial charge is 1.00 e. The molecule has 1 aromatic heterocycles. The summed E-state index contributed by atoms with van der Waals surface area (Å²) in [5.41, 5.74) is 0. The van der Waals surface area contributed by atoms with Gasteiger partial charge in [0.25, 0.3) is 0 Å². The van der Waals surface area contributed by atoms with Crippen LogP contribution in [0.2, 0.25) is 10.3 Å². The minimum absolute atomic E-state index is 0. The molecule has 0 aliphatic heterocycles. The van der Waals surface area contributed by atoms with Crippen molar-refractivity contribution in [3.63, 3.8) is 0 Å². The van der Waals surface area contributed by atoms with Crippen LogP contribution in [0.1, 0.15) is 0 Å². The predicted molar refractivity (Wildman–Crippen MR) is 37.4 cm³/mol. The average Bonchev–Trinajstić information content (AvgIpc) is 1.84. The number of rotatable bonds is 0. The molecule has 0 bridgehead atoms. The van der Waals surface area contributed by atoms with Gasteiger partial charge in [-0.25, -0.2) is 9.97 Å². The molecular formula is C5H2Cl2Cs2N2O3. The number of hydrogen-bond acceptors (Lipinski definition) is 5. The Morgan fingerprint density at radius 2 is 1.43 bits per heavy atom. The van der Waals surface area contributed by atoms with Gasteiger partial charge in [0.05, 0.1) is 0 Å². The smallest absolute Gasteiger partial charge is 0.652 e. The molecule has 0 N–H and O–H groups in total. The zero-order chi connectivity index (χ0) is 9.56. The quantitative estimate of drug-likeness (QED) is 0.349. The van der Waals surface area contributed by atoms with Gasteiger partial charge in [0.15, 0.2) is 0 Å². The number of carbonyl (C=O) groups excluding carboxylic acids is 1. The third kappa shape index (κ3) is 17.4. The van der Waals surface area contributed by atoms with Crippen LogP contribution in [0.15, 0.2) is 12.4 Å². The van der Waals surface area contributed by atoms with Gasteiger partial charge in [-0.3, -0.25) is 0 Å². The third-order valence-corrected chi connectivity index (χ3v) is 1.01. The topological polar surface area (TPSA) is 89.0 Å². The molecule has 9 heteroatoms. The van der Waals surface area contributed by atoms with E-state index >= 15 is 0 Å². The summed E-state index contributed by atoms with van der Waals surface area (Å²) < 4.78 is 0. The summed E-state index contributed by atoms with van der Waals surface area (Å²) in [7, 11) is 0. The third-order valence-electron chi connectivity index (χ3n) is 0.600. The van der Waals surface area contributed by atoms with E-state index in [1.165, 1.54) is 12.4 Å². The van der Waals surface area contributed by atoms with Crippen molar-refractivity contribution in [2.24, 2.45) is 0 Å². The molecule has 0 amide bonds. The van der Waals surface area contributed by atoms with E-state index in [9.17, 15) is 0 Å². The Balaban J connectivity index is -0.000000180. The number of carbonyl (C=O) groups is 1. The van der Waals surface area contributed by atoms with Crippen molar-refractivity contribution < 1.29 is 153 Å². The molecule has 1 heterocycles. The maximum Gasteiger partial charge on any atom is 1.00 e. The number of carboxylic acid groups (broad SMARTS) is 2. The SMILES string of the molecule is Clc1cc(Cl)ncn1.O=C([O-])[O-].[Cs+].[Cs+]. The van der Waals surface area contributed by atoms with E-state index in [1.54, 1.807) is 0 Å². The van der Waals surface area contributed by atoms with Gasteiger partial charge in [-0.15, -0.1) is 0 Å². The second-order valence-corrected chi connectivity index (χ2v) is 2.19. The van der Waals surface area contributed by atoms with E-state index in [4.69, 9.17) is 38.2 Å². The van der Waals surface area contributed by atoms with Crippen molar-refractivity contribution in [3.8, 4) is 0 Å². The van der Waals surface area contributed by atoms with Crippen molar-refractivity contribution in [2.45, 2.75) is 0 Å². The number of nitrogens with zero attached hydrogens (tertiary/aromatic N) is 2. The first-order valence-electron chi connectivity index (χ1n) is 2.53. The Hall–Kier alpha value is 3.03. The van der Waals surface area contributed by atoms with Crippen LogP contribution in [0.4, 0.5) is 4.79 Å². The Bertz CT molecular complexity index is 256. The van der Waals surface area contributed by atoms with Crippen molar-refractivity contribution in [1.82, 2.24) is 9.97 Å². The van der Waals surface area contributed by atoms with E-state index < -0.39 is 6.16 Å². The standard InChI is InChI=1S/C4H2Cl2N2.CH2O3.2Cs/c5-3-1-4(6)8-2-7-3;2-1(3)4;;/h1-2H;(H2,2,3,4);;/q;;2*+1/p-2. The van der Waals surface area contributed by atoms with Gasteiger partial charge in [-0.1, -0.05) is 23.2 Å². The molecule has 0 saturated carbocycles. The van der Waals surface area contributed by atoms with Crippen LogP contribution in [-0.2, 0) is 0 Å². The zero-order valence-corrected chi connectivity index (χ0v) is 21.6. The first kappa shape index (κ1) is 22.2. The predicted octanol–water partition coefficient (Wildman–Crippen LogP) is -6.66. The Morgan fingerprint density at radius 3 is 1.57 bits per heavy atom. The van der Waals surface area contributed by atoms with Gasteiger partial charge in [0.2, 0.25) is 0 Å². The van der Waals surface area contributed by atoms with Crippen molar-refractivity contribution >= 4 is 29.4 Å². The molecule has 66 valence electrons. The van der Waals surface area contributed by atoms with Crippen LogP contribution in [0, 0.1) is 0 Å². The minimum Gasteiger partial charge on any atom is -0.652 e. The fourth-order valence-electron chi connectivity index (χ4n) is 0.312. The summed E-state index contributed by atoms with van der Waals surface area (Å²) in [6.45, 7) is 0. The molecule has 5 nitrogen and oxygen atoms in total. The van der Waals surface area contributed by atoms with Crippen molar-refractivity contribution in [1.29, 1.82) is 0 Å². The second kappa shape index (κ2) is 14.1. The molecule has 0 aliphatic rings. The molecule has 14 heavy (non-hydrogen) atoms. The van der Waals surface area contributed by atoms with E-state index in [1.807, 2.05) is 0 Å². The summed E-state index contributed by atoms with van der Waals surface area (Å²) in [6.07, 6.45) is -1.02.